The van der Waals surface area contributed by atoms with Crippen LogP contribution in [0.3, 0.4) is 0 Å². The molecule has 0 atom stereocenters. The first-order valence-electron chi connectivity index (χ1n) is 7.45. The number of carbonyl (C=O) groups excluding carboxylic acids is 1. The van der Waals surface area contributed by atoms with E-state index in [9.17, 15) is 9.59 Å². The smallest absolute Gasteiger partial charge is 0.305 e. The summed E-state index contributed by atoms with van der Waals surface area (Å²) in [5.41, 5.74) is 2.41. The lowest BCUT2D eigenvalue weighted by Crippen LogP contribution is -2.54. The lowest BCUT2D eigenvalue weighted by Gasteiger charge is -2.41. The molecule has 1 amide bonds. The Bertz CT molecular complexity index is 579. The van der Waals surface area contributed by atoms with Crippen LogP contribution in [0.25, 0.3) is 0 Å². The van der Waals surface area contributed by atoms with Crippen LogP contribution in [-0.2, 0) is 17.8 Å². The minimum absolute atomic E-state index is 0.00925. The number of carboxylic acid groups (broad SMARTS) is 1. The Hall–Kier alpha value is -1.88. The quantitative estimate of drug-likeness (QED) is 0.784. The average Bonchev–Trinajstić information content (AvgIpc) is 2.43. The van der Waals surface area contributed by atoms with Crippen molar-refractivity contribution >= 4 is 11.9 Å². The summed E-state index contributed by atoms with van der Waals surface area (Å²) >= 11 is 0. The number of hydrogen-bond donors (Lipinski definition) is 3. The van der Waals surface area contributed by atoms with Gasteiger partial charge in [0.25, 0.3) is 5.91 Å². The first-order valence-corrected chi connectivity index (χ1v) is 7.45. The van der Waals surface area contributed by atoms with Crippen LogP contribution in [0.5, 0.6) is 0 Å². The number of fused-ring (bicyclic) bond motifs is 1. The second kappa shape index (κ2) is 5.48. The maximum atomic E-state index is 12.6. The molecule has 3 N–H and O–H groups in total. The summed E-state index contributed by atoms with van der Waals surface area (Å²) in [7, 11) is 0. The van der Waals surface area contributed by atoms with E-state index in [0.717, 1.165) is 49.9 Å². The van der Waals surface area contributed by atoms with Crippen molar-refractivity contribution in [3.05, 3.63) is 34.9 Å². The van der Waals surface area contributed by atoms with E-state index in [1.807, 2.05) is 18.2 Å². The van der Waals surface area contributed by atoms with Crippen LogP contribution in [0, 0.1) is 0 Å². The summed E-state index contributed by atoms with van der Waals surface area (Å²) in [5.74, 6) is -0.982. The van der Waals surface area contributed by atoms with Gasteiger partial charge >= 0.3 is 5.97 Å². The van der Waals surface area contributed by atoms with Gasteiger partial charge in [-0.3, -0.25) is 9.59 Å². The lowest BCUT2D eigenvalue weighted by molar-refractivity contribution is -0.139. The highest BCUT2D eigenvalue weighted by Gasteiger charge is 2.40. The van der Waals surface area contributed by atoms with Gasteiger partial charge in [-0.15, -0.1) is 0 Å². The fourth-order valence-corrected chi connectivity index (χ4v) is 3.29. The topological polar surface area (TPSA) is 78.4 Å². The molecule has 0 bridgehead atoms. The molecule has 5 nitrogen and oxygen atoms in total. The van der Waals surface area contributed by atoms with Crippen molar-refractivity contribution < 1.29 is 14.7 Å². The van der Waals surface area contributed by atoms with E-state index >= 15 is 0 Å². The second-order valence-electron chi connectivity index (χ2n) is 6.03. The third-order valence-corrected chi connectivity index (χ3v) is 4.56. The van der Waals surface area contributed by atoms with Crippen molar-refractivity contribution in [2.24, 2.45) is 0 Å². The van der Waals surface area contributed by atoms with Gasteiger partial charge in [-0.2, -0.15) is 0 Å². The molecule has 0 radical (unpaired) electrons. The molecule has 0 spiro atoms. The minimum atomic E-state index is -0.853. The lowest BCUT2D eigenvalue weighted by atomic mass is 9.74. The molecule has 21 heavy (non-hydrogen) atoms. The molecule has 112 valence electrons. The van der Waals surface area contributed by atoms with Gasteiger partial charge in [0.1, 0.15) is 0 Å². The highest BCUT2D eigenvalue weighted by atomic mass is 16.4. The van der Waals surface area contributed by atoms with Crippen LogP contribution in [0.1, 0.15) is 47.2 Å². The maximum absolute atomic E-state index is 12.6. The number of aliphatic carboxylic acids is 1. The number of carboxylic acids is 1. The Labute approximate surface area is 123 Å². The molecule has 1 aliphatic carbocycles. The van der Waals surface area contributed by atoms with E-state index in [4.69, 9.17) is 5.11 Å². The fraction of sp³-hybridized carbons (Fsp3) is 0.500. The highest BCUT2D eigenvalue weighted by Crippen LogP contribution is 2.35. The normalized spacial score (nSPS) is 19.2. The van der Waals surface area contributed by atoms with Crippen molar-refractivity contribution in [3.8, 4) is 0 Å². The van der Waals surface area contributed by atoms with Crippen LogP contribution < -0.4 is 10.6 Å². The van der Waals surface area contributed by atoms with E-state index < -0.39 is 11.5 Å². The summed E-state index contributed by atoms with van der Waals surface area (Å²) in [6.45, 7) is 1.66. The fourth-order valence-electron chi connectivity index (χ4n) is 3.29. The molecule has 1 aromatic rings. The molecule has 0 saturated heterocycles. The van der Waals surface area contributed by atoms with Crippen LogP contribution in [-0.4, -0.2) is 29.1 Å². The van der Waals surface area contributed by atoms with Gasteiger partial charge in [0.15, 0.2) is 0 Å². The third-order valence-electron chi connectivity index (χ3n) is 4.56. The largest absolute Gasteiger partial charge is 0.481 e. The predicted molar refractivity (Wildman–Crippen MR) is 78.2 cm³/mol. The van der Waals surface area contributed by atoms with Crippen LogP contribution in [0.4, 0.5) is 0 Å². The minimum Gasteiger partial charge on any atom is -0.481 e. The van der Waals surface area contributed by atoms with Gasteiger partial charge in [-0.1, -0.05) is 12.1 Å². The molecular weight excluding hydrogens is 268 g/mol. The number of rotatable bonds is 4. The molecule has 2 aliphatic rings. The Morgan fingerprint density at radius 2 is 2.14 bits per heavy atom. The zero-order valence-corrected chi connectivity index (χ0v) is 11.9. The van der Waals surface area contributed by atoms with Crippen LogP contribution >= 0.6 is 0 Å². The number of benzene rings is 1. The second-order valence-corrected chi connectivity index (χ2v) is 6.03. The van der Waals surface area contributed by atoms with E-state index in [1.54, 1.807) is 0 Å². The van der Waals surface area contributed by atoms with Crippen molar-refractivity contribution in [1.29, 1.82) is 0 Å². The molecular formula is C16H20N2O3. The Kier molecular flexibility index (Phi) is 3.68. The summed E-state index contributed by atoms with van der Waals surface area (Å²) in [6, 6.07) is 5.77. The van der Waals surface area contributed by atoms with Gasteiger partial charge in [0, 0.05) is 12.1 Å². The standard InChI is InChI=1S/C16H20N2O3/c19-14(20)9-16(6-2-7-16)18-15(21)13-4-1-3-11-10-17-8-5-12(11)13/h1,3-4,17H,2,5-10H2,(H,18,21)(H,19,20). The molecule has 1 fully saturated rings. The predicted octanol–water partition coefficient (Wildman–Crippen LogP) is 1.46. The maximum Gasteiger partial charge on any atom is 0.305 e. The summed E-state index contributed by atoms with van der Waals surface area (Å²) < 4.78 is 0. The Morgan fingerprint density at radius 1 is 1.33 bits per heavy atom. The van der Waals surface area contributed by atoms with Gasteiger partial charge < -0.3 is 15.7 Å². The monoisotopic (exact) mass is 288 g/mol. The molecule has 0 aromatic heterocycles. The molecule has 1 aliphatic heterocycles. The van der Waals surface area contributed by atoms with Crippen molar-refractivity contribution in [1.82, 2.24) is 10.6 Å². The molecule has 3 rings (SSSR count). The average molecular weight is 288 g/mol. The van der Waals surface area contributed by atoms with E-state index in [-0.39, 0.29) is 12.3 Å². The van der Waals surface area contributed by atoms with E-state index in [1.165, 1.54) is 0 Å². The van der Waals surface area contributed by atoms with Gasteiger partial charge in [-0.05, 0) is 49.4 Å². The first-order chi connectivity index (χ1) is 10.1. The van der Waals surface area contributed by atoms with Crippen molar-refractivity contribution in [2.45, 2.75) is 44.2 Å². The molecule has 1 saturated carbocycles. The Morgan fingerprint density at radius 3 is 2.81 bits per heavy atom. The molecule has 5 heteroatoms. The zero-order valence-electron chi connectivity index (χ0n) is 11.9. The summed E-state index contributed by atoms with van der Waals surface area (Å²) in [4.78, 5) is 23.6. The third kappa shape index (κ3) is 2.78. The SMILES string of the molecule is O=C(O)CC1(NC(=O)c2cccc3c2CCNC3)CCC1. The highest BCUT2D eigenvalue weighted by molar-refractivity contribution is 5.97. The number of carbonyl (C=O) groups is 2. The summed E-state index contributed by atoms with van der Waals surface area (Å²) in [6.07, 6.45) is 3.33. The molecule has 1 heterocycles. The van der Waals surface area contributed by atoms with Crippen molar-refractivity contribution in [3.63, 3.8) is 0 Å². The van der Waals surface area contributed by atoms with Crippen LogP contribution in [0.15, 0.2) is 18.2 Å². The summed E-state index contributed by atoms with van der Waals surface area (Å²) in [5, 5.41) is 15.3. The van der Waals surface area contributed by atoms with E-state index in [0.29, 0.717) is 5.56 Å². The van der Waals surface area contributed by atoms with Gasteiger partial charge in [0.05, 0.1) is 12.0 Å². The number of amides is 1. The van der Waals surface area contributed by atoms with E-state index in [2.05, 4.69) is 10.6 Å². The molecule has 1 aromatic carbocycles. The zero-order chi connectivity index (χ0) is 14.9. The van der Waals surface area contributed by atoms with Crippen molar-refractivity contribution in [2.75, 3.05) is 6.54 Å². The van der Waals surface area contributed by atoms with Gasteiger partial charge in [0.2, 0.25) is 0 Å². The number of nitrogens with one attached hydrogen (secondary N) is 2. The van der Waals surface area contributed by atoms with Gasteiger partial charge in [-0.25, -0.2) is 0 Å². The molecule has 0 unspecified atom stereocenters. The number of hydrogen-bond acceptors (Lipinski definition) is 3. The Balaban J connectivity index is 1.81. The van der Waals surface area contributed by atoms with Crippen LogP contribution in [0.2, 0.25) is 0 Å². The first kappa shape index (κ1) is 14.1.